The number of carbonyl (C=O) groups is 2. The van der Waals surface area contributed by atoms with E-state index in [9.17, 15) is 9.59 Å². The Morgan fingerprint density at radius 3 is 2.60 bits per heavy atom. The Kier molecular flexibility index (Phi) is 5.59. The average Bonchev–Trinajstić information content (AvgIpc) is 3.28. The van der Waals surface area contributed by atoms with Gasteiger partial charge in [0.2, 0.25) is 0 Å². The zero-order valence-electron chi connectivity index (χ0n) is 17.1. The van der Waals surface area contributed by atoms with E-state index in [-0.39, 0.29) is 24.5 Å². The first-order valence-corrected chi connectivity index (χ1v) is 10.2. The molecule has 1 aliphatic rings. The molecule has 4 rings (SSSR count). The molecule has 2 aromatic carbocycles. The summed E-state index contributed by atoms with van der Waals surface area (Å²) in [6, 6.07) is 14.4. The molecule has 30 heavy (non-hydrogen) atoms. The summed E-state index contributed by atoms with van der Waals surface area (Å²) in [6.07, 6.45) is 2.38. The van der Waals surface area contributed by atoms with Gasteiger partial charge in [-0.25, -0.2) is 0 Å². The molecule has 0 bridgehead atoms. The lowest BCUT2D eigenvalue weighted by Gasteiger charge is -2.13. The van der Waals surface area contributed by atoms with Crippen molar-refractivity contribution in [2.24, 2.45) is 0 Å². The smallest absolute Gasteiger partial charge is 0.307 e. The lowest BCUT2D eigenvalue weighted by Crippen LogP contribution is -2.18. The zero-order chi connectivity index (χ0) is 21.3. The fourth-order valence-electron chi connectivity index (χ4n) is 4.03. The second-order valence-electron chi connectivity index (χ2n) is 7.83. The van der Waals surface area contributed by atoms with E-state index in [0.29, 0.717) is 29.0 Å². The summed E-state index contributed by atoms with van der Waals surface area (Å²) >= 11 is 0. The number of carboxylic acids is 1. The molecule has 1 saturated heterocycles. The summed E-state index contributed by atoms with van der Waals surface area (Å²) in [5, 5.41) is 9.94. The molecule has 2 unspecified atom stereocenters. The fraction of sp³-hybridized carbons (Fsp3) is 0.333. The summed E-state index contributed by atoms with van der Waals surface area (Å²) in [4.78, 5) is 24.3. The molecule has 1 N–H and O–H groups in total. The first kappa shape index (κ1) is 20.2. The predicted molar refractivity (Wildman–Crippen MR) is 113 cm³/mol. The van der Waals surface area contributed by atoms with Crippen molar-refractivity contribution in [3.8, 4) is 5.75 Å². The molecule has 2 heterocycles. The van der Waals surface area contributed by atoms with Crippen LogP contribution in [0.4, 0.5) is 0 Å². The highest BCUT2D eigenvalue weighted by atomic mass is 16.5. The van der Waals surface area contributed by atoms with Crippen LogP contribution in [0.25, 0.3) is 10.9 Å². The molecular formula is C24H25NO5. The van der Waals surface area contributed by atoms with Crippen molar-refractivity contribution in [2.75, 3.05) is 6.61 Å². The lowest BCUT2D eigenvalue weighted by molar-refractivity contribution is -0.136. The van der Waals surface area contributed by atoms with Crippen LogP contribution in [0.1, 0.15) is 41.4 Å². The van der Waals surface area contributed by atoms with Crippen LogP contribution in [-0.4, -0.2) is 40.4 Å². The van der Waals surface area contributed by atoms with Gasteiger partial charge in [-0.05, 0) is 68.7 Å². The van der Waals surface area contributed by atoms with Crippen molar-refractivity contribution in [3.05, 3.63) is 65.4 Å². The minimum Gasteiger partial charge on any atom is -0.491 e. The minimum atomic E-state index is -0.896. The van der Waals surface area contributed by atoms with Gasteiger partial charge in [-0.3, -0.25) is 14.2 Å². The normalized spacial score (nSPS) is 18.6. The van der Waals surface area contributed by atoms with Crippen molar-refractivity contribution in [1.29, 1.82) is 0 Å². The van der Waals surface area contributed by atoms with Gasteiger partial charge in [-0.2, -0.15) is 0 Å². The predicted octanol–water partition coefficient (Wildman–Crippen LogP) is 4.21. The number of rotatable bonds is 6. The Balaban J connectivity index is 1.53. The van der Waals surface area contributed by atoms with Gasteiger partial charge in [0, 0.05) is 16.6 Å². The number of benzene rings is 2. The number of aromatic nitrogens is 1. The maximum absolute atomic E-state index is 13.2. The summed E-state index contributed by atoms with van der Waals surface area (Å²) in [5.41, 5.74) is 2.71. The van der Waals surface area contributed by atoms with E-state index < -0.39 is 5.97 Å². The van der Waals surface area contributed by atoms with E-state index >= 15 is 0 Å². The highest BCUT2D eigenvalue weighted by Crippen LogP contribution is 2.26. The average molecular weight is 407 g/mol. The van der Waals surface area contributed by atoms with Crippen LogP contribution in [0, 0.1) is 6.92 Å². The highest BCUT2D eigenvalue weighted by molar-refractivity contribution is 6.04. The van der Waals surface area contributed by atoms with Crippen LogP contribution in [0.3, 0.4) is 0 Å². The van der Waals surface area contributed by atoms with E-state index in [1.54, 1.807) is 41.0 Å². The molecular weight excluding hydrogens is 382 g/mol. The zero-order valence-corrected chi connectivity index (χ0v) is 17.1. The number of hydrogen-bond acceptors (Lipinski definition) is 4. The minimum absolute atomic E-state index is 0.0789. The molecule has 156 valence electrons. The Bertz CT molecular complexity index is 1080. The Labute approximate surface area is 175 Å². The van der Waals surface area contributed by atoms with Crippen LogP contribution >= 0.6 is 0 Å². The molecule has 1 aliphatic heterocycles. The van der Waals surface area contributed by atoms with Gasteiger partial charge in [0.1, 0.15) is 12.4 Å². The standard InChI is InChI=1S/C24H25NO5/c1-15-12-21-18(13-23(26)27)4-3-5-22(21)25(15)24(28)17-7-10-19(11-8-17)29-14-20-9-6-16(2)30-20/h3-5,7-8,10-12,16,20H,6,9,13-14H2,1-2H3,(H,26,27). The van der Waals surface area contributed by atoms with E-state index in [1.807, 2.05) is 19.1 Å². The maximum atomic E-state index is 13.2. The van der Waals surface area contributed by atoms with Crippen molar-refractivity contribution < 1.29 is 24.2 Å². The molecule has 3 aromatic rings. The summed E-state index contributed by atoms with van der Waals surface area (Å²) < 4.78 is 13.2. The largest absolute Gasteiger partial charge is 0.491 e. The van der Waals surface area contributed by atoms with Crippen LogP contribution in [0.5, 0.6) is 5.75 Å². The first-order valence-electron chi connectivity index (χ1n) is 10.2. The third kappa shape index (κ3) is 4.09. The molecule has 6 nitrogen and oxygen atoms in total. The highest BCUT2D eigenvalue weighted by Gasteiger charge is 2.22. The second-order valence-corrected chi connectivity index (χ2v) is 7.83. The molecule has 0 aliphatic carbocycles. The third-order valence-corrected chi connectivity index (χ3v) is 5.52. The maximum Gasteiger partial charge on any atom is 0.307 e. The van der Waals surface area contributed by atoms with E-state index in [4.69, 9.17) is 14.6 Å². The molecule has 0 spiro atoms. The van der Waals surface area contributed by atoms with Crippen LogP contribution in [0.15, 0.2) is 48.5 Å². The van der Waals surface area contributed by atoms with Crippen molar-refractivity contribution in [3.63, 3.8) is 0 Å². The number of carboxylic acid groups (broad SMARTS) is 1. The fourth-order valence-corrected chi connectivity index (χ4v) is 4.03. The SMILES string of the molecule is Cc1cc2c(CC(=O)O)cccc2n1C(=O)c1ccc(OCC2CCC(C)O2)cc1. The number of hydrogen-bond donors (Lipinski definition) is 1. The van der Waals surface area contributed by atoms with Crippen LogP contribution in [0.2, 0.25) is 0 Å². The molecule has 6 heteroatoms. The number of nitrogens with zero attached hydrogens (tertiary/aromatic N) is 1. The van der Waals surface area contributed by atoms with Crippen molar-refractivity contribution >= 4 is 22.8 Å². The summed E-state index contributed by atoms with van der Waals surface area (Å²) in [6.45, 7) is 4.42. The van der Waals surface area contributed by atoms with E-state index in [2.05, 4.69) is 6.92 Å². The molecule has 0 saturated carbocycles. The quantitative estimate of drug-likeness (QED) is 0.662. The Morgan fingerprint density at radius 1 is 1.17 bits per heavy atom. The lowest BCUT2D eigenvalue weighted by atomic mass is 10.1. The number of fused-ring (bicyclic) bond motifs is 1. The number of ether oxygens (including phenoxy) is 2. The van der Waals surface area contributed by atoms with E-state index in [1.165, 1.54) is 0 Å². The molecule has 1 aromatic heterocycles. The summed E-state index contributed by atoms with van der Waals surface area (Å²) in [7, 11) is 0. The molecule has 0 amide bonds. The number of aliphatic carboxylic acids is 1. The Hall–Kier alpha value is -3.12. The number of aryl methyl sites for hydroxylation is 1. The second kappa shape index (κ2) is 8.32. The van der Waals surface area contributed by atoms with Gasteiger partial charge < -0.3 is 14.6 Å². The summed E-state index contributed by atoms with van der Waals surface area (Å²) in [5.74, 6) is -0.353. The van der Waals surface area contributed by atoms with Gasteiger partial charge in [-0.15, -0.1) is 0 Å². The topological polar surface area (TPSA) is 77.8 Å². The van der Waals surface area contributed by atoms with Crippen LogP contribution in [-0.2, 0) is 16.0 Å². The number of carbonyl (C=O) groups excluding carboxylic acids is 1. The van der Waals surface area contributed by atoms with Gasteiger partial charge in [0.15, 0.2) is 0 Å². The third-order valence-electron chi connectivity index (χ3n) is 5.52. The van der Waals surface area contributed by atoms with Gasteiger partial charge in [0.05, 0.1) is 24.1 Å². The van der Waals surface area contributed by atoms with E-state index in [0.717, 1.165) is 23.9 Å². The first-order chi connectivity index (χ1) is 14.4. The van der Waals surface area contributed by atoms with Crippen LogP contribution < -0.4 is 4.74 Å². The molecule has 0 radical (unpaired) electrons. The van der Waals surface area contributed by atoms with Crippen molar-refractivity contribution in [1.82, 2.24) is 4.57 Å². The molecule has 2 atom stereocenters. The van der Waals surface area contributed by atoms with Crippen molar-refractivity contribution in [2.45, 2.75) is 45.3 Å². The monoisotopic (exact) mass is 407 g/mol. The Morgan fingerprint density at radius 2 is 1.93 bits per heavy atom. The van der Waals surface area contributed by atoms with Gasteiger partial charge >= 0.3 is 5.97 Å². The van der Waals surface area contributed by atoms with Gasteiger partial charge in [-0.1, -0.05) is 12.1 Å². The molecule has 1 fully saturated rings. The van der Waals surface area contributed by atoms with Gasteiger partial charge in [0.25, 0.3) is 5.91 Å².